The van der Waals surface area contributed by atoms with Crippen LogP contribution in [0.25, 0.3) is 0 Å². The highest BCUT2D eigenvalue weighted by Gasteiger charge is 2.02. The van der Waals surface area contributed by atoms with E-state index < -0.39 is 0 Å². The third-order valence-electron chi connectivity index (χ3n) is 1.56. The van der Waals surface area contributed by atoms with Crippen LogP contribution in [0.15, 0.2) is 18.2 Å². The number of anilines is 1. The summed E-state index contributed by atoms with van der Waals surface area (Å²) in [6.45, 7) is 0.603. The van der Waals surface area contributed by atoms with Crippen LogP contribution in [-0.2, 0) is 6.54 Å². The zero-order valence-electron chi connectivity index (χ0n) is 7.34. The van der Waals surface area contributed by atoms with E-state index >= 15 is 0 Å². The molecule has 12 heavy (non-hydrogen) atoms. The summed E-state index contributed by atoms with van der Waals surface area (Å²) in [5, 5.41) is 0. The SMILES string of the molecule is CN(C)Cc1ccc(N)cc1F. The van der Waals surface area contributed by atoms with Crippen LogP contribution in [0.3, 0.4) is 0 Å². The van der Waals surface area contributed by atoms with Crippen LogP contribution in [0, 0.1) is 5.82 Å². The first-order valence-corrected chi connectivity index (χ1v) is 3.78. The maximum Gasteiger partial charge on any atom is 0.129 e. The van der Waals surface area contributed by atoms with E-state index in [4.69, 9.17) is 5.73 Å². The lowest BCUT2D eigenvalue weighted by molar-refractivity contribution is 0.392. The summed E-state index contributed by atoms with van der Waals surface area (Å²) in [7, 11) is 3.80. The monoisotopic (exact) mass is 168 g/mol. The third kappa shape index (κ3) is 2.20. The number of rotatable bonds is 2. The molecule has 0 aromatic heterocycles. The maximum atomic E-state index is 13.1. The Hall–Kier alpha value is -1.09. The van der Waals surface area contributed by atoms with E-state index in [9.17, 15) is 4.39 Å². The number of hydrogen-bond donors (Lipinski definition) is 1. The molecule has 0 heterocycles. The van der Waals surface area contributed by atoms with Gasteiger partial charge in [-0.25, -0.2) is 4.39 Å². The van der Waals surface area contributed by atoms with Gasteiger partial charge in [-0.15, -0.1) is 0 Å². The first-order valence-electron chi connectivity index (χ1n) is 3.78. The molecule has 0 amide bonds. The molecule has 0 atom stereocenters. The predicted molar refractivity (Wildman–Crippen MR) is 48.2 cm³/mol. The molecule has 2 nitrogen and oxygen atoms in total. The Morgan fingerprint density at radius 2 is 2.08 bits per heavy atom. The number of halogens is 1. The molecule has 0 saturated carbocycles. The summed E-state index contributed by atoms with van der Waals surface area (Å²) in [6.07, 6.45) is 0. The molecule has 2 N–H and O–H groups in total. The molecule has 0 aliphatic rings. The molecule has 1 rings (SSSR count). The Morgan fingerprint density at radius 3 is 2.58 bits per heavy atom. The second kappa shape index (κ2) is 3.54. The van der Waals surface area contributed by atoms with Gasteiger partial charge in [0.15, 0.2) is 0 Å². The van der Waals surface area contributed by atoms with Crippen molar-refractivity contribution in [2.75, 3.05) is 19.8 Å². The van der Waals surface area contributed by atoms with E-state index in [1.54, 1.807) is 12.1 Å². The largest absolute Gasteiger partial charge is 0.399 e. The topological polar surface area (TPSA) is 29.3 Å². The number of hydrogen-bond acceptors (Lipinski definition) is 2. The first kappa shape index (κ1) is 9.00. The van der Waals surface area contributed by atoms with E-state index in [2.05, 4.69) is 0 Å². The van der Waals surface area contributed by atoms with Crippen LogP contribution in [0.1, 0.15) is 5.56 Å². The second-order valence-electron chi connectivity index (χ2n) is 3.09. The van der Waals surface area contributed by atoms with E-state index in [1.165, 1.54) is 6.07 Å². The minimum Gasteiger partial charge on any atom is -0.399 e. The quantitative estimate of drug-likeness (QED) is 0.677. The fraction of sp³-hybridized carbons (Fsp3) is 0.333. The van der Waals surface area contributed by atoms with Crippen LogP contribution in [-0.4, -0.2) is 19.0 Å². The lowest BCUT2D eigenvalue weighted by Crippen LogP contribution is -2.11. The van der Waals surface area contributed by atoms with E-state index in [0.29, 0.717) is 17.8 Å². The van der Waals surface area contributed by atoms with E-state index in [1.807, 2.05) is 19.0 Å². The summed E-state index contributed by atoms with van der Waals surface area (Å²) in [4.78, 5) is 1.91. The minimum atomic E-state index is -0.233. The molecule has 0 aliphatic carbocycles. The predicted octanol–water partition coefficient (Wildman–Crippen LogP) is 1.47. The molecular weight excluding hydrogens is 155 g/mol. The van der Waals surface area contributed by atoms with E-state index in [0.717, 1.165) is 0 Å². The fourth-order valence-corrected chi connectivity index (χ4v) is 1.03. The molecule has 0 unspecified atom stereocenters. The van der Waals surface area contributed by atoms with Crippen molar-refractivity contribution in [1.29, 1.82) is 0 Å². The van der Waals surface area contributed by atoms with Crippen molar-refractivity contribution in [3.8, 4) is 0 Å². The highest BCUT2D eigenvalue weighted by Crippen LogP contribution is 2.12. The minimum absolute atomic E-state index is 0.233. The summed E-state index contributed by atoms with van der Waals surface area (Å²) < 4.78 is 13.1. The third-order valence-corrected chi connectivity index (χ3v) is 1.56. The van der Waals surface area contributed by atoms with Gasteiger partial charge in [-0.2, -0.15) is 0 Å². The molecule has 66 valence electrons. The average Bonchev–Trinajstić information content (AvgIpc) is 1.94. The van der Waals surface area contributed by atoms with Crippen LogP contribution in [0.4, 0.5) is 10.1 Å². The van der Waals surface area contributed by atoms with Gasteiger partial charge in [0.05, 0.1) is 0 Å². The number of nitrogens with zero attached hydrogens (tertiary/aromatic N) is 1. The summed E-state index contributed by atoms with van der Waals surface area (Å²) in [5.74, 6) is -0.233. The van der Waals surface area contributed by atoms with Crippen molar-refractivity contribution in [3.05, 3.63) is 29.6 Å². The molecule has 0 aliphatic heterocycles. The molecule has 0 saturated heterocycles. The normalized spacial score (nSPS) is 10.7. The highest BCUT2D eigenvalue weighted by molar-refractivity contribution is 5.40. The molecular formula is C9H13FN2. The van der Waals surface area contributed by atoms with Crippen molar-refractivity contribution in [1.82, 2.24) is 4.90 Å². The Balaban J connectivity index is 2.86. The van der Waals surface area contributed by atoms with Gasteiger partial charge in [0, 0.05) is 17.8 Å². The molecule has 1 aromatic rings. The van der Waals surface area contributed by atoms with Crippen molar-refractivity contribution in [2.24, 2.45) is 0 Å². The lowest BCUT2D eigenvalue weighted by Gasteiger charge is -2.10. The zero-order chi connectivity index (χ0) is 9.14. The number of nitrogens with two attached hydrogens (primary N) is 1. The van der Waals surface area contributed by atoms with Gasteiger partial charge < -0.3 is 10.6 Å². The summed E-state index contributed by atoms with van der Waals surface area (Å²) in [5.41, 5.74) is 6.55. The van der Waals surface area contributed by atoms with Crippen molar-refractivity contribution in [2.45, 2.75) is 6.54 Å². The molecule has 3 heteroatoms. The zero-order valence-corrected chi connectivity index (χ0v) is 7.34. The lowest BCUT2D eigenvalue weighted by atomic mass is 10.2. The average molecular weight is 168 g/mol. The number of nitrogen functional groups attached to an aromatic ring is 1. The summed E-state index contributed by atoms with van der Waals surface area (Å²) >= 11 is 0. The molecule has 0 bridgehead atoms. The van der Waals surface area contributed by atoms with Gasteiger partial charge >= 0.3 is 0 Å². The Morgan fingerprint density at radius 1 is 1.42 bits per heavy atom. The smallest absolute Gasteiger partial charge is 0.129 e. The molecule has 0 fully saturated rings. The fourth-order valence-electron chi connectivity index (χ4n) is 1.03. The van der Waals surface area contributed by atoms with Gasteiger partial charge in [-0.3, -0.25) is 0 Å². The molecule has 1 aromatic carbocycles. The van der Waals surface area contributed by atoms with Gasteiger partial charge in [-0.05, 0) is 26.2 Å². The maximum absolute atomic E-state index is 13.1. The van der Waals surface area contributed by atoms with Crippen molar-refractivity contribution >= 4 is 5.69 Å². The van der Waals surface area contributed by atoms with Crippen LogP contribution < -0.4 is 5.73 Å². The standard InChI is InChI=1S/C9H13FN2/c1-12(2)6-7-3-4-8(11)5-9(7)10/h3-5H,6,11H2,1-2H3. The Labute approximate surface area is 71.8 Å². The first-order chi connectivity index (χ1) is 5.59. The van der Waals surface area contributed by atoms with Crippen LogP contribution in [0.5, 0.6) is 0 Å². The van der Waals surface area contributed by atoms with Gasteiger partial charge in [0.2, 0.25) is 0 Å². The van der Waals surface area contributed by atoms with Gasteiger partial charge in [-0.1, -0.05) is 6.07 Å². The van der Waals surface area contributed by atoms with Crippen molar-refractivity contribution in [3.63, 3.8) is 0 Å². The second-order valence-corrected chi connectivity index (χ2v) is 3.09. The molecule has 0 radical (unpaired) electrons. The van der Waals surface area contributed by atoms with Crippen LogP contribution >= 0.6 is 0 Å². The van der Waals surface area contributed by atoms with E-state index in [-0.39, 0.29) is 5.82 Å². The van der Waals surface area contributed by atoms with Crippen LogP contribution in [0.2, 0.25) is 0 Å². The van der Waals surface area contributed by atoms with Gasteiger partial charge in [0.1, 0.15) is 5.82 Å². The molecule has 0 spiro atoms. The summed E-state index contributed by atoms with van der Waals surface area (Å²) in [6, 6.07) is 4.77. The Bertz CT molecular complexity index is 271. The van der Waals surface area contributed by atoms with Crippen molar-refractivity contribution < 1.29 is 4.39 Å². The highest BCUT2D eigenvalue weighted by atomic mass is 19.1. The van der Waals surface area contributed by atoms with Gasteiger partial charge in [0.25, 0.3) is 0 Å². The Kier molecular flexibility index (Phi) is 2.65. The number of benzene rings is 1.